The van der Waals surface area contributed by atoms with E-state index in [0.717, 1.165) is 30.4 Å². The van der Waals surface area contributed by atoms with Crippen LogP contribution in [0.5, 0.6) is 0 Å². The molecule has 1 aliphatic carbocycles. The molecule has 0 heterocycles. The maximum Gasteiger partial charge on any atom is 0.126 e. The van der Waals surface area contributed by atoms with E-state index in [-0.39, 0.29) is 5.82 Å². The van der Waals surface area contributed by atoms with E-state index >= 15 is 0 Å². The van der Waals surface area contributed by atoms with Gasteiger partial charge in [-0.1, -0.05) is 11.2 Å². The van der Waals surface area contributed by atoms with Crippen LogP contribution in [0.4, 0.5) is 4.39 Å². The van der Waals surface area contributed by atoms with Crippen molar-refractivity contribution in [3.8, 4) is 0 Å². The van der Waals surface area contributed by atoms with E-state index in [1.165, 1.54) is 6.07 Å². The van der Waals surface area contributed by atoms with Crippen LogP contribution in [0.25, 0.3) is 0 Å². The summed E-state index contributed by atoms with van der Waals surface area (Å²) >= 11 is 0. The molecular weight excluding hydrogens is 181 g/mol. The standard InChI is InChI=1S/C11H12FNO/c1-7-5-8-3-2-4-11(13-14)9(8)6-10(7)12/h5-6,14H,2-4H2,1H3/b13-11+. The molecular formula is C11H12FNO. The maximum absolute atomic E-state index is 13.3. The minimum absolute atomic E-state index is 0.230. The Morgan fingerprint density at radius 2 is 2.14 bits per heavy atom. The van der Waals surface area contributed by atoms with Gasteiger partial charge < -0.3 is 5.21 Å². The number of hydrogen-bond acceptors (Lipinski definition) is 2. The lowest BCUT2D eigenvalue weighted by Crippen LogP contribution is -2.12. The van der Waals surface area contributed by atoms with Crippen molar-refractivity contribution in [2.75, 3.05) is 0 Å². The smallest absolute Gasteiger partial charge is 0.126 e. The lowest BCUT2D eigenvalue weighted by Gasteiger charge is -2.17. The van der Waals surface area contributed by atoms with Crippen LogP contribution in [-0.2, 0) is 6.42 Å². The fraction of sp³-hybridized carbons (Fsp3) is 0.364. The Kier molecular flexibility index (Phi) is 2.23. The van der Waals surface area contributed by atoms with Gasteiger partial charge in [0.05, 0.1) is 5.71 Å². The summed E-state index contributed by atoms with van der Waals surface area (Å²) in [6.45, 7) is 1.75. The van der Waals surface area contributed by atoms with Gasteiger partial charge in [0.15, 0.2) is 0 Å². The van der Waals surface area contributed by atoms with E-state index in [9.17, 15) is 4.39 Å². The van der Waals surface area contributed by atoms with Crippen molar-refractivity contribution in [2.24, 2.45) is 5.16 Å². The molecule has 0 amide bonds. The summed E-state index contributed by atoms with van der Waals surface area (Å²) in [5.74, 6) is -0.230. The molecule has 0 bridgehead atoms. The number of aryl methyl sites for hydroxylation is 2. The van der Waals surface area contributed by atoms with Gasteiger partial charge in [-0.3, -0.25) is 0 Å². The number of rotatable bonds is 0. The minimum atomic E-state index is -0.230. The van der Waals surface area contributed by atoms with Crippen molar-refractivity contribution in [3.63, 3.8) is 0 Å². The molecule has 1 N–H and O–H groups in total. The van der Waals surface area contributed by atoms with Gasteiger partial charge in [0.25, 0.3) is 0 Å². The first kappa shape index (κ1) is 9.19. The lowest BCUT2D eigenvalue weighted by atomic mass is 9.89. The van der Waals surface area contributed by atoms with Crippen molar-refractivity contribution in [3.05, 3.63) is 34.6 Å². The highest BCUT2D eigenvalue weighted by molar-refractivity contribution is 6.02. The first-order chi connectivity index (χ1) is 6.72. The third kappa shape index (κ3) is 1.39. The fourth-order valence-corrected chi connectivity index (χ4v) is 1.90. The molecule has 0 saturated carbocycles. The number of oxime groups is 1. The Balaban J connectivity index is 2.58. The molecule has 0 aromatic heterocycles. The Labute approximate surface area is 82.1 Å². The van der Waals surface area contributed by atoms with Crippen LogP contribution in [0.2, 0.25) is 0 Å². The van der Waals surface area contributed by atoms with Crippen LogP contribution in [0.1, 0.15) is 29.5 Å². The van der Waals surface area contributed by atoms with Crippen molar-refractivity contribution in [1.82, 2.24) is 0 Å². The SMILES string of the molecule is Cc1cc2c(cc1F)/C(=N/O)CCC2. The molecule has 0 spiro atoms. The van der Waals surface area contributed by atoms with Gasteiger partial charge >= 0.3 is 0 Å². The van der Waals surface area contributed by atoms with Crippen LogP contribution >= 0.6 is 0 Å². The third-order valence-electron chi connectivity index (χ3n) is 2.68. The number of benzene rings is 1. The van der Waals surface area contributed by atoms with Crippen LogP contribution in [0, 0.1) is 12.7 Å². The summed E-state index contributed by atoms with van der Waals surface area (Å²) in [6, 6.07) is 3.31. The topological polar surface area (TPSA) is 32.6 Å². The zero-order chi connectivity index (χ0) is 10.1. The average Bonchev–Trinajstić information content (AvgIpc) is 2.19. The predicted octanol–water partition coefficient (Wildman–Crippen LogP) is 2.65. The Morgan fingerprint density at radius 1 is 1.36 bits per heavy atom. The second-order valence-electron chi connectivity index (χ2n) is 3.66. The summed E-state index contributed by atoms with van der Waals surface area (Å²) in [5, 5.41) is 12.0. The largest absolute Gasteiger partial charge is 0.411 e. The van der Waals surface area contributed by atoms with Crippen molar-refractivity contribution in [2.45, 2.75) is 26.2 Å². The zero-order valence-electron chi connectivity index (χ0n) is 8.05. The molecule has 1 aromatic carbocycles. The van der Waals surface area contributed by atoms with E-state index in [4.69, 9.17) is 5.21 Å². The Hall–Kier alpha value is -1.38. The summed E-state index contributed by atoms with van der Waals surface area (Å²) in [6.07, 6.45) is 2.64. The quantitative estimate of drug-likeness (QED) is 0.498. The first-order valence-corrected chi connectivity index (χ1v) is 4.72. The van der Waals surface area contributed by atoms with Crippen LogP contribution in [-0.4, -0.2) is 10.9 Å². The van der Waals surface area contributed by atoms with Crippen LogP contribution in [0.15, 0.2) is 17.3 Å². The van der Waals surface area contributed by atoms with Gasteiger partial charge in [-0.05, 0) is 43.4 Å². The van der Waals surface area contributed by atoms with E-state index in [0.29, 0.717) is 11.3 Å². The molecule has 74 valence electrons. The number of fused-ring (bicyclic) bond motifs is 1. The monoisotopic (exact) mass is 193 g/mol. The summed E-state index contributed by atoms with van der Waals surface area (Å²) in [5.41, 5.74) is 3.11. The molecule has 0 radical (unpaired) electrons. The zero-order valence-corrected chi connectivity index (χ0v) is 8.05. The van der Waals surface area contributed by atoms with Crippen molar-refractivity contribution >= 4 is 5.71 Å². The van der Waals surface area contributed by atoms with Gasteiger partial charge in [0, 0.05) is 5.56 Å². The highest BCUT2D eigenvalue weighted by Gasteiger charge is 2.17. The van der Waals surface area contributed by atoms with Crippen molar-refractivity contribution in [1.29, 1.82) is 0 Å². The van der Waals surface area contributed by atoms with E-state index in [2.05, 4.69) is 5.16 Å². The van der Waals surface area contributed by atoms with Crippen LogP contribution < -0.4 is 0 Å². The van der Waals surface area contributed by atoms with Crippen molar-refractivity contribution < 1.29 is 9.60 Å². The minimum Gasteiger partial charge on any atom is -0.411 e. The molecule has 0 saturated heterocycles. The molecule has 2 nitrogen and oxygen atoms in total. The Bertz CT molecular complexity index is 399. The second kappa shape index (κ2) is 3.40. The van der Waals surface area contributed by atoms with E-state index < -0.39 is 0 Å². The molecule has 14 heavy (non-hydrogen) atoms. The van der Waals surface area contributed by atoms with Gasteiger partial charge in [0.2, 0.25) is 0 Å². The molecule has 0 unspecified atom stereocenters. The van der Waals surface area contributed by atoms with Gasteiger partial charge in [-0.25, -0.2) is 4.39 Å². The summed E-state index contributed by atoms with van der Waals surface area (Å²) < 4.78 is 13.3. The summed E-state index contributed by atoms with van der Waals surface area (Å²) in [4.78, 5) is 0. The van der Waals surface area contributed by atoms with E-state index in [1.807, 2.05) is 6.07 Å². The third-order valence-corrected chi connectivity index (χ3v) is 2.68. The van der Waals surface area contributed by atoms with Gasteiger partial charge in [0.1, 0.15) is 5.82 Å². The van der Waals surface area contributed by atoms with E-state index in [1.54, 1.807) is 6.92 Å². The average molecular weight is 193 g/mol. The molecule has 3 heteroatoms. The predicted molar refractivity (Wildman–Crippen MR) is 52.4 cm³/mol. The molecule has 1 aromatic rings. The molecule has 1 aliphatic rings. The molecule has 0 aliphatic heterocycles. The van der Waals surface area contributed by atoms with Gasteiger partial charge in [-0.2, -0.15) is 0 Å². The number of hydrogen-bond donors (Lipinski definition) is 1. The highest BCUT2D eigenvalue weighted by atomic mass is 19.1. The normalized spacial score (nSPS) is 18.3. The van der Waals surface area contributed by atoms with Crippen LogP contribution in [0.3, 0.4) is 0 Å². The molecule has 0 fully saturated rings. The van der Waals surface area contributed by atoms with Gasteiger partial charge in [-0.15, -0.1) is 0 Å². The Morgan fingerprint density at radius 3 is 2.86 bits per heavy atom. The highest BCUT2D eigenvalue weighted by Crippen LogP contribution is 2.24. The lowest BCUT2D eigenvalue weighted by molar-refractivity contribution is 0.317. The first-order valence-electron chi connectivity index (χ1n) is 4.72. The number of nitrogens with zero attached hydrogens (tertiary/aromatic N) is 1. The maximum atomic E-state index is 13.3. The molecule has 0 atom stereocenters. The number of halogens is 1. The fourth-order valence-electron chi connectivity index (χ4n) is 1.90. The second-order valence-corrected chi connectivity index (χ2v) is 3.66. The molecule has 2 rings (SSSR count). The summed E-state index contributed by atoms with van der Waals surface area (Å²) in [7, 11) is 0.